The number of nitrogens with zero attached hydrogens (tertiary/aromatic N) is 1. The van der Waals surface area contributed by atoms with Crippen LogP contribution < -0.4 is 5.73 Å². The van der Waals surface area contributed by atoms with Gasteiger partial charge in [-0.3, -0.25) is 4.98 Å². The van der Waals surface area contributed by atoms with Gasteiger partial charge in [-0.15, -0.1) is 0 Å². The zero-order valence-electron chi connectivity index (χ0n) is 7.41. The third-order valence-electron chi connectivity index (χ3n) is 2.49. The average Bonchev–Trinajstić information content (AvgIpc) is 2.89. The predicted octanol–water partition coefficient (Wildman–Crippen LogP) is 2.53. The average molecular weight is 197 g/mol. The van der Waals surface area contributed by atoms with Gasteiger partial charge in [-0.2, -0.15) is 0 Å². The Hall–Kier alpha value is -0.600. The van der Waals surface area contributed by atoms with Gasteiger partial charge in [0.2, 0.25) is 0 Å². The predicted molar refractivity (Wildman–Crippen MR) is 53.5 cm³/mol. The number of pyridine rings is 1. The maximum Gasteiger partial charge on any atom is 0.0637 e. The molecule has 1 aromatic rings. The van der Waals surface area contributed by atoms with Gasteiger partial charge in [0.1, 0.15) is 0 Å². The van der Waals surface area contributed by atoms with Crippen LogP contribution >= 0.6 is 11.6 Å². The molecule has 1 aliphatic carbocycles. The van der Waals surface area contributed by atoms with Crippen molar-refractivity contribution in [1.29, 1.82) is 0 Å². The fourth-order valence-corrected chi connectivity index (χ4v) is 1.79. The van der Waals surface area contributed by atoms with Gasteiger partial charge in [0, 0.05) is 18.4 Å². The Labute approximate surface area is 83.1 Å². The molecule has 2 nitrogen and oxygen atoms in total. The van der Waals surface area contributed by atoms with E-state index < -0.39 is 0 Å². The van der Waals surface area contributed by atoms with Gasteiger partial charge in [0.05, 0.1) is 5.02 Å². The van der Waals surface area contributed by atoms with E-state index in [0.29, 0.717) is 5.02 Å². The molecule has 1 aromatic heterocycles. The Morgan fingerprint density at radius 2 is 2.38 bits per heavy atom. The van der Waals surface area contributed by atoms with Crippen LogP contribution in [0.15, 0.2) is 18.5 Å². The van der Waals surface area contributed by atoms with Crippen molar-refractivity contribution in [3.63, 3.8) is 0 Å². The van der Waals surface area contributed by atoms with Crippen LogP contribution in [0, 0.1) is 5.92 Å². The van der Waals surface area contributed by atoms with Crippen LogP contribution in [0.2, 0.25) is 5.02 Å². The first kappa shape index (κ1) is 8.97. The van der Waals surface area contributed by atoms with Crippen molar-refractivity contribution in [3.05, 3.63) is 29.0 Å². The molecule has 0 unspecified atom stereocenters. The molecule has 3 heteroatoms. The van der Waals surface area contributed by atoms with Crippen LogP contribution in [-0.4, -0.2) is 4.98 Å². The van der Waals surface area contributed by atoms with E-state index in [9.17, 15) is 0 Å². The minimum Gasteiger partial charge on any atom is -0.324 e. The fraction of sp³-hybridized carbons (Fsp3) is 0.500. The van der Waals surface area contributed by atoms with Crippen molar-refractivity contribution >= 4 is 11.6 Å². The molecule has 1 saturated carbocycles. The first-order valence-corrected chi connectivity index (χ1v) is 5.00. The van der Waals surface area contributed by atoms with Crippen molar-refractivity contribution in [2.75, 3.05) is 0 Å². The summed E-state index contributed by atoms with van der Waals surface area (Å²) in [5, 5.41) is 0.690. The molecule has 1 heterocycles. The highest BCUT2D eigenvalue weighted by Crippen LogP contribution is 2.37. The molecule has 0 bridgehead atoms. The molecular formula is C10H13ClN2. The molecule has 0 aliphatic heterocycles. The third kappa shape index (κ3) is 2.20. The highest BCUT2D eigenvalue weighted by atomic mass is 35.5. The molecule has 1 atom stereocenters. The quantitative estimate of drug-likeness (QED) is 0.807. The van der Waals surface area contributed by atoms with E-state index in [2.05, 4.69) is 4.98 Å². The summed E-state index contributed by atoms with van der Waals surface area (Å²) < 4.78 is 0. The summed E-state index contributed by atoms with van der Waals surface area (Å²) in [6, 6.07) is 2.00. The van der Waals surface area contributed by atoms with Gasteiger partial charge in [-0.05, 0) is 24.0 Å². The smallest absolute Gasteiger partial charge is 0.0637 e. The van der Waals surface area contributed by atoms with E-state index in [1.165, 1.54) is 12.8 Å². The van der Waals surface area contributed by atoms with Gasteiger partial charge in [0.15, 0.2) is 0 Å². The van der Waals surface area contributed by atoms with Crippen LogP contribution in [0.5, 0.6) is 0 Å². The van der Waals surface area contributed by atoms with Crippen molar-refractivity contribution in [2.45, 2.75) is 25.3 Å². The number of aromatic nitrogens is 1. The SMILES string of the molecule is N[C@@H](CC1CC1)c1ccncc1Cl. The number of hydrogen-bond acceptors (Lipinski definition) is 2. The Bertz CT molecular complexity index is 297. The molecule has 2 N–H and O–H groups in total. The number of nitrogens with two attached hydrogens (primary N) is 1. The van der Waals surface area contributed by atoms with Gasteiger partial charge in [-0.25, -0.2) is 0 Å². The lowest BCUT2D eigenvalue weighted by molar-refractivity contribution is 0.596. The van der Waals surface area contributed by atoms with Crippen molar-refractivity contribution in [3.8, 4) is 0 Å². The van der Waals surface area contributed by atoms with Gasteiger partial charge < -0.3 is 5.73 Å². The first-order valence-electron chi connectivity index (χ1n) is 4.62. The van der Waals surface area contributed by atoms with Crippen LogP contribution in [0.4, 0.5) is 0 Å². The summed E-state index contributed by atoms with van der Waals surface area (Å²) >= 11 is 5.98. The zero-order valence-corrected chi connectivity index (χ0v) is 8.17. The van der Waals surface area contributed by atoms with Gasteiger partial charge >= 0.3 is 0 Å². The summed E-state index contributed by atoms with van der Waals surface area (Å²) in [5.74, 6) is 0.833. The monoisotopic (exact) mass is 196 g/mol. The Morgan fingerprint density at radius 1 is 1.62 bits per heavy atom. The molecule has 0 aromatic carbocycles. The van der Waals surface area contributed by atoms with Crippen LogP contribution in [0.1, 0.15) is 30.9 Å². The van der Waals surface area contributed by atoms with Crippen molar-refractivity contribution < 1.29 is 0 Å². The van der Waals surface area contributed by atoms with Gasteiger partial charge in [-0.1, -0.05) is 24.4 Å². The van der Waals surface area contributed by atoms with Crippen LogP contribution in [0.25, 0.3) is 0 Å². The Morgan fingerprint density at radius 3 is 3.00 bits per heavy atom. The molecule has 1 aliphatic rings. The number of rotatable bonds is 3. The Kier molecular flexibility index (Phi) is 2.51. The maximum atomic E-state index is 6.02. The van der Waals surface area contributed by atoms with Crippen molar-refractivity contribution in [2.24, 2.45) is 11.7 Å². The molecule has 70 valence electrons. The second-order valence-electron chi connectivity index (χ2n) is 3.68. The Balaban J connectivity index is 2.09. The summed E-state index contributed by atoms with van der Waals surface area (Å²) in [7, 11) is 0. The summed E-state index contributed by atoms with van der Waals surface area (Å²) in [6.07, 6.45) is 7.12. The van der Waals surface area contributed by atoms with Gasteiger partial charge in [0.25, 0.3) is 0 Å². The summed E-state index contributed by atoms with van der Waals surface area (Å²) in [4.78, 5) is 3.93. The highest BCUT2D eigenvalue weighted by Gasteiger charge is 2.25. The maximum absolute atomic E-state index is 6.02. The van der Waals surface area contributed by atoms with Crippen molar-refractivity contribution in [1.82, 2.24) is 4.98 Å². The van der Waals surface area contributed by atoms with Crippen LogP contribution in [-0.2, 0) is 0 Å². The molecule has 1 fully saturated rings. The zero-order chi connectivity index (χ0) is 9.26. The second-order valence-corrected chi connectivity index (χ2v) is 4.09. The normalized spacial score (nSPS) is 18.6. The van der Waals surface area contributed by atoms with E-state index in [-0.39, 0.29) is 6.04 Å². The van der Waals surface area contributed by atoms with E-state index >= 15 is 0 Å². The van der Waals surface area contributed by atoms with Crippen LogP contribution in [0.3, 0.4) is 0 Å². The molecule has 2 rings (SSSR count). The molecule has 0 amide bonds. The fourth-order valence-electron chi connectivity index (χ4n) is 1.53. The summed E-state index contributed by atoms with van der Waals surface area (Å²) in [5.41, 5.74) is 7.06. The standard InChI is InChI=1S/C10H13ClN2/c11-9-6-13-4-3-8(9)10(12)5-7-1-2-7/h3-4,6-7,10H,1-2,5,12H2/t10-/m0/s1. The summed E-state index contributed by atoms with van der Waals surface area (Å²) in [6.45, 7) is 0. The van der Waals surface area contributed by atoms with E-state index in [4.69, 9.17) is 17.3 Å². The minimum atomic E-state index is 0.0861. The topological polar surface area (TPSA) is 38.9 Å². The van der Waals surface area contributed by atoms with E-state index in [1.807, 2.05) is 6.07 Å². The first-order chi connectivity index (χ1) is 6.27. The third-order valence-corrected chi connectivity index (χ3v) is 2.80. The number of halogens is 1. The molecule has 0 radical (unpaired) electrons. The minimum absolute atomic E-state index is 0.0861. The second kappa shape index (κ2) is 3.64. The van der Waals surface area contributed by atoms with E-state index in [0.717, 1.165) is 17.9 Å². The highest BCUT2D eigenvalue weighted by molar-refractivity contribution is 6.31. The number of hydrogen-bond donors (Lipinski definition) is 1. The lowest BCUT2D eigenvalue weighted by atomic mass is 10.0. The van der Waals surface area contributed by atoms with E-state index in [1.54, 1.807) is 12.4 Å². The molecular weight excluding hydrogens is 184 g/mol. The lowest BCUT2D eigenvalue weighted by Crippen LogP contribution is -2.11. The molecule has 13 heavy (non-hydrogen) atoms. The largest absolute Gasteiger partial charge is 0.324 e. The molecule has 0 spiro atoms. The lowest BCUT2D eigenvalue weighted by Gasteiger charge is -2.12. The molecule has 0 saturated heterocycles.